The number of hydrogen-bond acceptors (Lipinski definition) is 3. The highest BCUT2D eigenvalue weighted by molar-refractivity contribution is 7.20. The van der Waals surface area contributed by atoms with Gasteiger partial charge in [-0.25, -0.2) is 4.98 Å². The van der Waals surface area contributed by atoms with Crippen molar-refractivity contribution in [1.29, 1.82) is 0 Å². The van der Waals surface area contributed by atoms with Crippen molar-refractivity contribution in [3.63, 3.8) is 0 Å². The maximum atomic E-state index is 5.64. The highest BCUT2D eigenvalue weighted by Gasteiger charge is 2.04. The van der Waals surface area contributed by atoms with Crippen LogP contribution in [0.3, 0.4) is 0 Å². The van der Waals surface area contributed by atoms with E-state index >= 15 is 0 Å². The molecule has 0 spiro atoms. The maximum absolute atomic E-state index is 5.64. The van der Waals surface area contributed by atoms with E-state index in [9.17, 15) is 0 Å². The molecule has 1 heterocycles. The summed E-state index contributed by atoms with van der Waals surface area (Å²) in [5, 5.41) is 0.667. The molecule has 2 aromatic carbocycles. The van der Waals surface area contributed by atoms with Gasteiger partial charge in [0.2, 0.25) is 0 Å². The summed E-state index contributed by atoms with van der Waals surface area (Å²) in [4.78, 5) is 4.39. The van der Waals surface area contributed by atoms with Crippen molar-refractivity contribution in [2.24, 2.45) is 0 Å². The highest BCUT2D eigenvalue weighted by atomic mass is 32.1. The molecule has 3 rings (SSSR count). The molecule has 0 amide bonds. The minimum atomic E-state index is 0.667. The first-order valence-electron chi connectivity index (χ1n) is 4.91. The zero-order valence-electron chi connectivity index (χ0n) is 8.38. The van der Waals surface area contributed by atoms with Crippen LogP contribution in [0, 0.1) is 6.07 Å². The molecule has 0 aliphatic carbocycles. The van der Waals surface area contributed by atoms with Gasteiger partial charge in [0.05, 0.1) is 10.2 Å². The van der Waals surface area contributed by atoms with Crippen LogP contribution in [0.15, 0.2) is 48.5 Å². The molecular formula is C13H8NOS. The van der Waals surface area contributed by atoms with Crippen LogP contribution in [0.25, 0.3) is 10.2 Å². The van der Waals surface area contributed by atoms with Crippen LogP contribution < -0.4 is 4.74 Å². The third kappa shape index (κ3) is 1.77. The molecule has 0 saturated carbocycles. The van der Waals surface area contributed by atoms with E-state index in [1.54, 1.807) is 17.4 Å². The summed E-state index contributed by atoms with van der Waals surface area (Å²) >= 11 is 1.54. The van der Waals surface area contributed by atoms with Crippen molar-refractivity contribution < 1.29 is 4.74 Å². The Morgan fingerprint density at radius 1 is 1.12 bits per heavy atom. The Balaban J connectivity index is 1.95. The molecule has 16 heavy (non-hydrogen) atoms. The third-order valence-corrected chi connectivity index (χ3v) is 3.07. The summed E-state index contributed by atoms with van der Waals surface area (Å²) in [6, 6.07) is 18.4. The lowest BCUT2D eigenvalue weighted by molar-refractivity contribution is 0.480. The molecule has 1 aromatic heterocycles. The van der Waals surface area contributed by atoms with Crippen molar-refractivity contribution in [3.8, 4) is 10.9 Å². The third-order valence-electron chi connectivity index (χ3n) is 2.16. The summed E-state index contributed by atoms with van der Waals surface area (Å²) in [5.74, 6) is 0.765. The van der Waals surface area contributed by atoms with Gasteiger partial charge in [-0.3, -0.25) is 0 Å². The van der Waals surface area contributed by atoms with Crippen LogP contribution in [0.2, 0.25) is 0 Å². The second-order valence-electron chi connectivity index (χ2n) is 3.29. The molecule has 0 bridgehead atoms. The predicted molar refractivity (Wildman–Crippen MR) is 65.0 cm³/mol. The van der Waals surface area contributed by atoms with Crippen molar-refractivity contribution in [2.45, 2.75) is 0 Å². The van der Waals surface area contributed by atoms with Gasteiger partial charge in [0, 0.05) is 0 Å². The molecule has 2 nitrogen and oxygen atoms in total. The molecule has 0 saturated heterocycles. The first kappa shape index (κ1) is 9.36. The molecule has 0 N–H and O–H groups in total. The Morgan fingerprint density at radius 3 is 2.88 bits per heavy atom. The van der Waals surface area contributed by atoms with Crippen LogP contribution >= 0.6 is 11.3 Å². The van der Waals surface area contributed by atoms with Crippen molar-refractivity contribution in [3.05, 3.63) is 54.6 Å². The Bertz CT molecular complexity index is 570. The summed E-state index contributed by atoms with van der Waals surface area (Å²) < 4.78 is 6.78. The second kappa shape index (κ2) is 3.94. The number of benzene rings is 2. The van der Waals surface area contributed by atoms with E-state index in [0.717, 1.165) is 16.0 Å². The Hall–Kier alpha value is -1.87. The summed E-state index contributed by atoms with van der Waals surface area (Å²) in [6.07, 6.45) is 0. The molecule has 0 aliphatic rings. The van der Waals surface area contributed by atoms with Crippen LogP contribution in [0.5, 0.6) is 10.9 Å². The quantitative estimate of drug-likeness (QED) is 0.661. The minimum Gasteiger partial charge on any atom is -0.431 e. The number of aromatic nitrogens is 1. The Labute approximate surface area is 97.1 Å². The Kier molecular flexibility index (Phi) is 2.31. The number of nitrogens with zero attached hydrogens (tertiary/aromatic N) is 1. The lowest BCUT2D eigenvalue weighted by Gasteiger charge is -1.98. The first-order chi connectivity index (χ1) is 7.92. The van der Waals surface area contributed by atoms with E-state index in [1.807, 2.05) is 42.5 Å². The molecule has 1 radical (unpaired) electrons. The fourth-order valence-corrected chi connectivity index (χ4v) is 2.27. The van der Waals surface area contributed by atoms with Gasteiger partial charge in [0.1, 0.15) is 5.75 Å². The van der Waals surface area contributed by atoms with Gasteiger partial charge in [-0.1, -0.05) is 35.6 Å². The summed E-state index contributed by atoms with van der Waals surface area (Å²) in [6.45, 7) is 0. The number of fused-ring (bicyclic) bond motifs is 1. The molecule has 0 aliphatic heterocycles. The fraction of sp³-hybridized carbons (Fsp3) is 0. The molecule has 0 unspecified atom stereocenters. The molecule has 77 valence electrons. The second-order valence-corrected chi connectivity index (χ2v) is 4.28. The van der Waals surface area contributed by atoms with E-state index in [4.69, 9.17) is 4.74 Å². The number of para-hydroxylation sites is 1. The van der Waals surface area contributed by atoms with Crippen LogP contribution in [0.4, 0.5) is 0 Å². The van der Waals surface area contributed by atoms with E-state index in [-0.39, 0.29) is 0 Å². The van der Waals surface area contributed by atoms with Gasteiger partial charge < -0.3 is 4.74 Å². The number of rotatable bonds is 2. The number of hydrogen-bond donors (Lipinski definition) is 0. The average Bonchev–Trinajstić information content (AvgIpc) is 2.72. The van der Waals surface area contributed by atoms with Gasteiger partial charge in [0.15, 0.2) is 0 Å². The van der Waals surface area contributed by atoms with Crippen LogP contribution in [-0.4, -0.2) is 4.98 Å². The fourth-order valence-electron chi connectivity index (χ4n) is 1.44. The van der Waals surface area contributed by atoms with Gasteiger partial charge >= 0.3 is 0 Å². The van der Waals surface area contributed by atoms with Gasteiger partial charge in [-0.2, -0.15) is 0 Å². The minimum absolute atomic E-state index is 0.667. The van der Waals surface area contributed by atoms with Crippen LogP contribution in [-0.2, 0) is 0 Å². The van der Waals surface area contributed by atoms with Crippen molar-refractivity contribution in [1.82, 2.24) is 4.98 Å². The van der Waals surface area contributed by atoms with Crippen molar-refractivity contribution >= 4 is 21.6 Å². The van der Waals surface area contributed by atoms with Gasteiger partial charge in [0.25, 0.3) is 5.19 Å². The average molecular weight is 226 g/mol. The predicted octanol–water partition coefficient (Wildman–Crippen LogP) is 3.89. The topological polar surface area (TPSA) is 22.1 Å². The van der Waals surface area contributed by atoms with Gasteiger partial charge in [-0.05, 0) is 30.3 Å². The molecule has 3 aromatic rings. The first-order valence-corrected chi connectivity index (χ1v) is 5.73. The molecule has 0 atom stereocenters. The highest BCUT2D eigenvalue weighted by Crippen LogP contribution is 2.30. The SMILES string of the molecule is [c]1cccc(Oc2nc3ccccc3s2)c1. The van der Waals surface area contributed by atoms with E-state index < -0.39 is 0 Å². The zero-order valence-corrected chi connectivity index (χ0v) is 9.20. The largest absolute Gasteiger partial charge is 0.431 e. The lowest BCUT2D eigenvalue weighted by Crippen LogP contribution is -1.81. The monoisotopic (exact) mass is 226 g/mol. The molecule has 0 fully saturated rings. The van der Waals surface area contributed by atoms with E-state index in [0.29, 0.717) is 5.19 Å². The standard InChI is InChI=1S/C13H8NOS/c1-2-6-10(7-3-1)15-13-14-11-8-4-5-9-12(11)16-13/h1-2,4-9H. The van der Waals surface area contributed by atoms with Gasteiger partial charge in [-0.15, -0.1) is 0 Å². The van der Waals surface area contributed by atoms with Crippen LogP contribution in [0.1, 0.15) is 0 Å². The molecular weight excluding hydrogens is 218 g/mol. The van der Waals surface area contributed by atoms with Crippen molar-refractivity contribution in [2.75, 3.05) is 0 Å². The summed E-state index contributed by atoms with van der Waals surface area (Å²) in [5.41, 5.74) is 0.974. The Morgan fingerprint density at radius 2 is 2.06 bits per heavy atom. The van der Waals surface area contributed by atoms with E-state index in [2.05, 4.69) is 11.1 Å². The zero-order chi connectivity index (χ0) is 10.8. The maximum Gasteiger partial charge on any atom is 0.279 e. The summed E-state index contributed by atoms with van der Waals surface area (Å²) in [7, 11) is 0. The number of thiazole rings is 1. The lowest BCUT2D eigenvalue weighted by atomic mass is 10.3. The van der Waals surface area contributed by atoms with E-state index in [1.165, 1.54) is 0 Å². The smallest absolute Gasteiger partial charge is 0.279 e. The normalized spacial score (nSPS) is 10.5. The number of ether oxygens (including phenoxy) is 1. The molecule has 3 heteroatoms.